The van der Waals surface area contributed by atoms with Crippen molar-refractivity contribution >= 4 is 27.3 Å². The van der Waals surface area contributed by atoms with Crippen LogP contribution in [0, 0.1) is 0 Å². The zero-order valence-electron chi connectivity index (χ0n) is 8.00. The van der Waals surface area contributed by atoms with E-state index in [0.29, 0.717) is 0 Å². The highest BCUT2D eigenvalue weighted by Crippen LogP contribution is 2.20. The first-order valence-corrected chi connectivity index (χ1v) is 6.49. The zero-order valence-corrected chi connectivity index (χ0v) is 10.4. The number of thiazole rings is 1. The van der Waals surface area contributed by atoms with Gasteiger partial charge in [0.15, 0.2) is 0 Å². The Morgan fingerprint density at radius 2 is 2.43 bits per heavy atom. The van der Waals surface area contributed by atoms with Crippen molar-refractivity contribution in [2.75, 3.05) is 26.2 Å². The van der Waals surface area contributed by atoms with Crippen LogP contribution in [-0.4, -0.2) is 36.1 Å². The van der Waals surface area contributed by atoms with E-state index in [1.165, 1.54) is 18.0 Å². The van der Waals surface area contributed by atoms with Crippen LogP contribution >= 0.6 is 27.3 Å². The summed E-state index contributed by atoms with van der Waals surface area (Å²) in [7, 11) is 0. The van der Waals surface area contributed by atoms with Gasteiger partial charge in [-0.25, -0.2) is 4.98 Å². The molecule has 2 rings (SSSR count). The molecule has 0 amide bonds. The van der Waals surface area contributed by atoms with E-state index in [0.717, 1.165) is 30.0 Å². The molecule has 0 unspecified atom stereocenters. The Morgan fingerprint density at radius 1 is 1.50 bits per heavy atom. The summed E-state index contributed by atoms with van der Waals surface area (Å²) in [6.07, 6.45) is 3.13. The molecule has 0 saturated carbocycles. The standard InChI is InChI=1S/C9H14BrN3S/c10-8-6-12-9(14-8)7-13-4-1-2-11-3-5-13/h6,11H,1-5,7H2. The van der Waals surface area contributed by atoms with Crippen molar-refractivity contribution in [1.82, 2.24) is 15.2 Å². The van der Waals surface area contributed by atoms with Crippen LogP contribution in [0.25, 0.3) is 0 Å². The van der Waals surface area contributed by atoms with E-state index in [1.54, 1.807) is 11.3 Å². The van der Waals surface area contributed by atoms with Gasteiger partial charge in [-0.1, -0.05) is 0 Å². The minimum atomic E-state index is 0.998. The first-order chi connectivity index (χ1) is 6.84. The number of aromatic nitrogens is 1. The first kappa shape index (κ1) is 10.5. The van der Waals surface area contributed by atoms with Crippen molar-refractivity contribution in [2.24, 2.45) is 0 Å². The highest BCUT2D eigenvalue weighted by Gasteiger charge is 2.10. The molecule has 0 radical (unpaired) electrons. The fraction of sp³-hybridized carbons (Fsp3) is 0.667. The predicted octanol–water partition coefficient (Wildman–Crippen LogP) is 1.70. The van der Waals surface area contributed by atoms with Crippen LogP contribution in [-0.2, 0) is 6.54 Å². The van der Waals surface area contributed by atoms with E-state index in [2.05, 4.69) is 31.1 Å². The fourth-order valence-corrected chi connectivity index (χ4v) is 2.96. The van der Waals surface area contributed by atoms with E-state index in [1.807, 2.05) is 6.20 Å². The summed E-state index contributed by atoms with van der Waals surface area (Å²) >= 11 is 5.17. The van der Waals surface area contributed by atoms with Crippen LogP contribution in [0.4, 0.5) is 0 Å². The lowest BCUT2D eigenvalue weighted by molar-refractivity contribution is 0.284. The molecular weight excluding hydrogens is 262 g/mol. The average molecular weight is 276 g/mol. The van der Waals surface area contributed by atoms with Crippen LogP contribution in [0.3, 0.4) is 0 Å². The molecule has 2 heterocycles. The maximum Gasteiger partial charge on any atom is 0.108 e. The summed E-state index contributed by atoms with van der Waals surface area (Å²) < 4.78 is 1.13. The van der Waals surface area contributed by atoms with Crippen molar-refractivity contribution < 1.29 is 0 Å². The summed E-state index contributed by atoms with van der Waals surface area (Å²) in [6, 6.07) is 0. The van der Waals surface area contributed by atoms with Gasteiger partial charge in [0.25, 0.3) is 0 Å². The third-order valence-corrected chi connectivity index (χ3v) is 3.78. The van der Waals surface area contributed by atoms with Gasteiger partial charge in [-0.05, 0) is 35.4 Å². The number of nitrogens with zero attached hydrogens (tertiary/aromatic N) is 2. The van der Waals surface area contributed by atoms with Gasteiger partial charge < -0.3 is 5.32 Å². The molecule has 0 bridgehead atoms. The van der Waals surface area contributed by atoms with Crippen molar-refractivity contribution in [3.63, 3.8) is 0 Å². The summed E-state index contributed by atoms with van der Waals surface area (Å²) in [4.78, 5) is 6.81. The average Bonchev–Trinajstić information content (AvgIpc) is 2.43. The number of nitrogens with one attached hydrogen (secondary N) is 1. The van der Waals surface area contributed by atoms with Crippen LogP contribution in [0.1, 0.15) is 11.4 Å². The van der Waals surface area contributed by atoms with Gasteiger partial charge in [-0.3, -0.25) is 4.90 Å². The molecule has 1 aromatic rings. The van der Waals surface area contributed by atoms with E-state index < -0.39 is 0 Å². The molecule has 1 fully saturated rings. The second-order valence-corrected chi connectivity index (χ2v) is 5.93. The quantitative estimate of drug-likeness (QED) is 0.891. The molecule has 0 spiro atoms. The van der Waals surface area contributed by atoms with Crippen LogP contribution in [0.2, 0.25) is 0 Å². The SMILES string of the molecule is Brc1cnc(CN2CCCNCC2)s1. The third kappa shape index (κ3) is 3.02. The number of hydrogen-bond donors (Lipinski definition) is 1. The molecule has 5 heteroatoms. The van der Waals surface area contributed by atoms with E-state index in [9.17, 15) is 0 Å². The maximum absolute atomic E-state index is 4.35. The Kier molecular flexibility index (Phi) is 3.92. The van der Waals surface area contributed by atoms with Gasteiger partial charge in [-0.15, -0.1) is 11.3 Å². The second kappa shape index (κ2) is 5.21. The third-order valence-electron chi connectivity index (χ3n) is 2.32. The topological polar surface area (TPSA) is 28.2 Å². The lowest BCUT2D eigenvalue weighted by Gasteiger charge is -2.17. The number of hydrogen-bond acceptors (Lipinski definition) is 4. The van der Waals surface area contributed by atoms with Crippen molar-refractivity contribution in [3.8, 4) is 0 Å². The van der Waals surface area contributed by atoms with Gasteiger partial charge in [-0.2, -0.15) is 0 Å². The number of halogens is 1. The Balaban J connectivity index is 1.89. The summed E-state index contributed by atoms with van der Waals surface area (Å²) in [6.45, 7) is 5.57. The highest BCUT2D eigenvalue weighted by atomic mass is 79.9. The zero-order chi connectivity index (χ0) is 9.80. The minimum Gasteiger partial charge on any atom is -0.315 e. The molecule has 1 aliphatic rings. The highest BCUT2D eigenvalue weighted by molar-refractivity contribution is 9.11. The molecule has 0 aromatic carbocycles. The maximum atomic E-state index is 4.35. The lowest BCUT2D eigenvalue weighted by Crippen LogP contribution is -2.27. The molecule has 3 nitrogen and oxygen atoms in total. The normalized spacial score (nSPS) is 19.5. The smallest absolute Gasteiger partial charge is 0.108 e. The van der Waals surface area contributed by atoms with Crippen molar-refractivity contribution in [2.45, 2.75) is 13.0 Å². The fourth-order valence-electron chi connectivity index (χ4n) is 1.61. The largest absolute Gasteiger partial charge is 0.315 e. The van der Waals surface area contributed by atoms with Crippen molar-refractivity contribution in [3.05, 3.63) is 15.0 Å². The van der Waals surface area contributed by atoms with Crippen LogP contribution in [0.5, 0.6) is 0 Å². The summed E-state index contributed by atoms with van der Waals surface area (Å²) in [5.41, 5.74) is 0. The van der Waals surface area contributed by atoms with E-state index in [4.69, 9.17) is 0 Å². The summed E-state index contributed by atoms with van der Waals surface area (Å²) in [5.74, 6) is 0. The van der Waals surface area contributed by atoms with Gasteiger partial charge >= 0.3 is 0 Å². The molecule has 14 heavy (non-hydrogen) atoms. The molecular formula is C9H14BrN3S. The molecule has 1 aromatic heterocycles. The first-order valence-electron chi connectivity index (χ1n) is 4.88. The summed E-state index contributed by atoms with van der Waals surface area (Å²) in [5, 5.41) is 4.61. The Bertz CT molecular complexity index is 281. The van der Waals surface area contributed by atoms with Crippen LogP contribution < -0.4 is 5.32 Å². The predicted molar refractivity (Wildman–Crippen MR) is 62.6 cm³/mol. The molecule has 1 saturated heterocycles. The molecule has 78 valence electrons. The van der Waals surface area contributed by atoms with Gasteiger partial charge in [0, 0.05) is 13.1 Å². The monoisotopic (exact) mass is 275 g/mol. The Morgan fingerprint density at radius 3 is 3.21 bits per heavy atom. The molecule has 0 atom stereocenters. The second-order valence-electron chi connectivity index (χ2n) is 3.44. The molecule has 1 aliphatic heterocycles. The number of rotatable bonds is 2. The molecule has 1 N–H and O–H groups in total. The Labute approximate surface area is 96.7 Å². The van der Waals surface area contributed by atoms with Crippen LogP contribution in [0.15, 0.2) is 9.98 Å². The van der Waals surface area contributed by atoms with Gasteiger partial charge in [0.05, 0.1) is 16.5 Å². The van der Waals surface area contributed by atoms with Gasteiger partial charge in [0.1, 0.15) is 5.01 Å². The Hall–Kier alpha value is 0.0300. The minimum absolute atomic E-state index is 0.998. The van der Waals surface area contributed by atoms with Gasteiger partial charge in [0.2, 0.25) is 0 Å². The molecule has 0 aliphatic carbocycles. The van der Waals surface area contributed by atoms with E-state index in [-0.39, 0.29) is 0 Å². The van der Waals surface area contributed by atoms with E-state index >= 15 is 0 Å². The lowest BCUT2D eigenvalue weighted by atomic mass is 10.4. The van der Waals surface area contributed by atoms with Crippen molar-refractivity contribution in [1.29, 1.82) is 0 Å².